The van der Waals surface area contributed by atoms with Gasteiger partial charge in [-0.2, -0.15) is 5.10 Å². The molecule has 0 bridgehead atoms. The molecule has 6 nitrogen and oxygen atoms in total. The van der Waals surface area contributed by atoms with Crippen molar-refractivity contribution in [1.29, 1.82) is 0 Å². The van der Waals surface area contributed by atoms with Crippen LogP contribution in [0.4, 0.5) is 0 Å². The Morgan fingerprint density at radius 2 is 2.04 bits per heavy atom. The van der Waals surface area contributed by atoms with Gasteiger partial charge in [-0.25, -0.2) is 14.7 Å². The molecule has 126 valence electrons. The Hall–Kier alpha value is -1.64. The van der Waals surface area contributed by atoms with Crippen molar-refractivity contribution in [3.8, 4) is 0 Å². The van der Waals surface area contributed by atoms with Crippen LogP contribution < -0.4 is 10.6 Å². The van der Waals surface area contributed by atoms with Gasteiger partial charge in [0.25, 0.3) is 0 Å². The van der Waals surface area contributed by atoms with E-state index in [0.29, 0.717) is 6.54 Å². The number of nitrogens with one attached hydrogen (secondary N) is 2. The minimum absolute atomic E-state index is 0. The highest BCUT2D eigenvalue weighted by Crippen LogP contribution is 2.08. The molecule has 0 unspecified atom stereocenters. The summed E-state index contributed by atoms with van der Waals surface area (Å²) < 4.78 is 1.81. The van der Waals surface area contributed by atoms with E-state index in [2.05, 4.69) is 63.8 Å². The fourth-order valence-corrected chi connectivity index (χ4v) is 2.08. The second-order valence-electron chi connectivity index (χ2n) is 5.03. The van der Waals surface area contributed by atoms with Gasteiger partial charge in [0.2, 0.25) is 0 Å². The first-order valence-corrected chi connectivity index (χ1v) is 7.74. The van der Waals surface area contributed by atoms with Gasteiger partial charge in [-0.3, -0.25) is 0 Å². The third-order valence-corrected chi connectivity index (χ3v) is 3.11. The molecule has 0 saturated carbocycles. The highest BCUT2D eigenvalue weighted by Gasteiger charge is 2.00. The maximum atomic E-state index is 4.62. The molecule has 7 heteroatoms. The summed E-state index contributed by atoms with van der Waals surface area (Å²) >= 11 is 0. The fraction of sp³-hybridized carbons (Fsp3) is 0.438. The average Bonchev–Trinajstić information content (AvgIpc) is 3.03. The number of guanidine groups is 1. The van der Waals surface area contributed by atoms with Gasteiger partial charge in [-0.15, -0.1) is 24.0 Å². The van der Waals surface area contributed by atoms with Crippen LogP contribution in [0, 0.1) is 0 Å². The van der Waals surface area contributed by atoms with Crippen molar-refractivity contribution in [3.63, 3.8) is 0 Å². The van der Waals surface area contributed by atoms with E-state index in [1.807, 2.05) is 4.68 Å². The van der Waals surface area contributed by atoms with Gasteiger partial charge < -0.3 is 10.6 Å². The normalized spacial score (nSPS) is 11.0. The highest BCUT2D eigenvalue weighted by atomic mass is 127. The maximum Gasteiger partial charge on any atom is 0.191 e. The number of aromatic nitrogens is 3. The lowest BCUT2D eigenvalue weighted by Gasteiger charge is -2.10. The summed E-state index contributed by atoms with van der Waals surface area (Å²) in [4.78, 5) is 8.58. The number of aliphatic imine (C=N–C) groups is 1. The molecule has 2 rings (SSSR count). The number of benzene rings is 1. The van der Waals surface area contributed by atoms with Gasteiger partial charge in [0.05, 0.1) is 13.1 Å². The van der Waals surface area contributed by atoms with Crippen molar-refractivity contribution in [2.45, 2.75) is 33.4 Å². The van der Waals surface area contributed by atoms with Crippen LogP contribution in [0.25, 0.3) is 0 Å². The lowest BCUT2D eigenvalue weighted by atomic mass is 10.1. The van der Waals surface area contributed by atoms with Gasteiger partial charge in [-0.05, 0) is 24.5 Å². The first-order valence-electron chi connectivity index (χ1n) is 7.74. The fourth-order valence-electron chi connectivity index (χ4n) is 2.08. The largest absolute Gasteiger partial charge is 0.357 e. The second kappa shape index (κ2) is 11.0. The molecule has 2 N–H and O–H groups in total. The zero-order chi connectivity index (χ0) is 15.6. The Labute approximate surface area is 154 Å². The van der Waals surface area contributed by atoms with Gasteiger partial charge >= 0.3 is 0 Å². The van der Waals surface area contributed by atoms with Crippen molar-refractivity contribution >= 4 is 29.9 Å². The number of hydrogen-bond donors (Lipinski definition) is 2. The summed E-state index contributed by atoms with van der Waals surface area (Å²) in [5, 5.41) is 10.7. The molecule has 0 spiro atoms. The Balaban J connectivity index is 0.00000264. The third-order valence-electron chi connectivity index (χ3n) is 3.11. The van der Waals surface area contributed by atoms with E-state index in [9.17, 15) is 0 Å². The van der Waals surface area contributed by atoms with Crippen LogP contribution in [0.3, 0.4) is 0 Å². The second-order valence-corrected chi connectivity index (χ2v) is 5.03. The standard InChI is InChI=1S/C16H24N6.HI/c1-3-8-19-16(18-4-2)20-10-14-6-5-7-15(9-14)11-22-13-17-12-21-22;/h5-7,9,12-13H,3-4,8,10-11H2,1-2H3,(H2,18,19,20);1H. The summed E-state index contributed by atoms with van der Waals surface area (Å²) in [6, 6.07) is 8.41. The topological polar surface area (TPSA) is 67.1 Å². The van der Waals surface area contributed by atoms with Crippen molar-refractivity contribution in [3.05, 3.63) is 48.0 Å². The Morgan fingerprint density at radius 1 is 1.22 bits per heavy atom. The lowest BCUT2D eigenvalue weighted by Crippen LogP contribution is -2.37. The zero-order valence-electron chi connectivity index (χ0n) is 13.7. The quantitative estimate of drug-likeness (QED) is 0.404. The predicted octanol–water partition coefficient (Wildman–Crippen LogP) is 2.41. The Bertz CT molecular complexity index is 582. The molecule has 0 amide bonds. The van der Waals surface area contributed by atoms with E-state index >= 15 is 0 Å². The molecule has 0 aliphatic carbocycles. The third kappa shape index (κ3) is 6.98. The van der Waals surface area contributed by atoms with Gasteiger partial charge in [0, 0.05) is 13.1 Å². The summed E-state index contributed by atoms with van der Waals surface area (Å²) in [5.74, 6) is 0.867. The van der Waals surface area contributed by atoms with Crippen LogP contribution in [0.15, 0.2) is 41.9 Å². The summed E-state index contributed by atoms with van der Waals surface area (Å²) in [6.45, 7) is 7.39. The van der Waals surface area contributed by atoms with E-state index < -0.39 is 0 Å². The van der Waals surface area contributed by atoms with Crippen LogP contribution in [0.5, 0.6) is 0 Å². The molecule has 1 aromatic heterocycles. The first-order chi connectivity index (χ1) is 10.8. The van der Waals surface area contributed by atoms with Crippen LogP contribution >= 0.6 is 24.0 Å². The van der Waals surface area contributed by atoms with E-state index in [1.165, 1.54) is 11.1 Å². The molecule has 0 fully saturated rings. The Kier molecular flexibility index (Phi) is 9.27. The average molecular weight is 428 g/mol. The van der Waals surface area contributed by atoms with E-state index in [0.717, 1.165) is 32.0 Å². The SMILES string of the molecule is CCCNC(=NCc1cccc(Cn2cncn2)c1)NCC.I. The van der Waals surface area contributed by atoms with Crippen molar-refractivity contribution < 1.29 is 0 Å². The van der Waals surface area contributed by atoms with E-state index in [4.69, 9.17) is 0 Å². The molecule has 1 heterocycles. The van der Waals surface area contributed by atoms with E-state index in [1.54, 1.807) is 12.7 Å². The summed E-state index contributed by atoms with van der Waals surface area (Å²) in [5.41, 5.74) is 2.39. The van der Waals surface area contributed by atoms with Crippen LogP contribution in [-0.2, 0) is 13.1 Å². The number of halogens is 1. The molecular weight excluding hydrogens is 403 g/mol. The highest BCUT2D eigenvalue weighted by molar-refractivity contribution is 14.0. The molecule has 0 aliphatic rings. The molecule has 0 aliphatic heterocycles. The van der Waals surface area contributed by atoms with Gasteiger partial charge in [0.15, 0.2) is 5.96 Å². The lowest BCUT2D eigenvalue weighted by molar-refractivity contribution is 0.684. The van der Waals surface area contributed by atoms with E-state index in [-0.39, 0.29) is 24.0 Å². The van der Waals surface area contributed by atoms with Crippen LogP contribution in [-0.4, -0.2) is 33.8 Å². The number of rotatable bonds is 7. The Morgan fingerprint density at radius 3 is 2.74 bits per heavy atom. The number of nitrogens with zero attached hydrogens (tertiary/aromatic N) is 4. The van der Waals surface area contributed by atoms with Crippen molar-refractivity contribution in [2.24, 2.45) is 4.99 Å². The monoisotopic (exact) mass is 428 g/mol. The van der Waals surface area contributed by atoms with Crippen molar-refractivity contribution in [1.82, 2.24) is 25.4 Å². The molecule has 1 aromatic carbocycles. The molecule has 0 saturated heterocycles. The molecular formula is C16H25IN6. The van der Waals surface area contributed by atoms with Crippen LogP contribution in [0.2, 0.25) is 0 Å². The zero-order valence-corrected chi connectivity index (χ0v) is 16.0. The first kappa shape index (κ1) is 19.4. The number of hydrogen-bond acceptors (Lipinski definition) is 3. The molecule has 0 radical (unpaired) electrons. The molecule has 23 heavy (non-hydrogen) atoms. The minimum Gasteiger partial charge on any atom is -0.357 e. The minimum atomic E-state index is 0. The van der Waals surface area contributed by atoms with Gasteiger partial charge in [-0.1, -0.05) is 31.2 Å². The predicted molar refractivity (Wildman–Crippen MR) is 104 cm³/mol. The summed E-state index contributed by atoms with van der Waals surface area (Å²) in [6.07, 6.45) is 4.36. The van der Waals surface area contributed by atoms with Crippen molar-refractivity contribution in [2.75, 3.05) is 13.1 Å². The van der Waals surface area contributed by atoms with Crippen LogP contribution in [0.1, 0.15) is 31.4 Å². The summed E-state index contributed by atoms with van der Waals surface area (Å²) in [7, 11) is 0. The molecule has 2 aromatic rings. The smallest absolute Gasteiger partial charge is 0.191 e. The van der Waals surface area contributed by atoms with Gasteiger partial charge in [0.1, 0.15) is 12.7 Å². The maximum absolute atomic E-state index is 4.62. The molecule has 0 atom stereocenters.